The zero-order valence-corrected chi connectivity index (χ0v) is 12.1. The zero-order chi connectivity index (χ0) is 15.0. The average Bonchev–Trinajstić information content (AvgIpc) is 2.41. The van der Waals surface area contributed by atoms with Crippen LogP contribution >= 0.6 is 23.8 Å². The summed E-state index contributed by atoms with van der Waals surface area (Å²) in [5.41, 5.74) is -0.321. The smallest absolute Gasteiger partial charge is 0.285 e. The predicted molar refractivity (Wildman–Crippen MR) is 76.4 cm³/mol. The first kappa shape index (κ1) is 14.4. The average molecular weight is 313 g/mol. The molecule has 0 spiro atoms. The Bertz CT molecular complexity index is 827. The molecule has 1 heterocycles. The minimum absolute atomic E-state index is 0.000150. The molecule has 1 aromatic carbocycles. The second kappa shape index (κ2) is 5.14. The van der Waals surface area contributed by atoms with E-state index in [-0.39, 0.29) is 21.2 Å². The molecule has 0 saturated carbocycles. The van der Waals surface area contributed by atoms with Crippen molar-refractivity contribution in [3.05, 3.63) is 48.5 Å². The van der Waals surface area contributed by atoms with Crippen LogP contribution in [0.25, 0.3) is 11.3 Å². The molecule has 20 heavy (non-hydrogen) atoms. The van der Waals surface area contributed by atoms with Crippen LogP contribution in [-0.4, -0.2) is 19.3 Å². The lowest BCUT2D eigenvalue weighted by atomic mass is 10.1. The van der Waals surface area contributed by atoms with Gasteiger partial charge in [0.15, 0.2) is 10.5 Å². The van der Waals surface area contributed by atoms with Gasteiger partial charge in [-0.15, -0.1) is 0 Å². The number of aryl methyl sites for hydroxylation is 1. The van der Waals surface area contributed by atoms with E-state index in [9.17, 15) is 14.9 Å². The van der Waals surface area contributed by atoms with Crippen LogP contribution < -0.4 is 5.56 Å². The zero-order valence-electron chi connectivity index (χ0n) is 10.5. The maximum absolute atomic E-state index is 12.1. The van der Waals surface area contributed by atoms with E-state index in [1.54, 1.807) is 7.05 Å². The standard InChI is InChI=1S/C11H9ClN4O3S/c1-14-10(17)9(13-15(2)11(14)20)6-3-4-7(12)8(5-6)16(18)19/h3-5H,1-2H3. The third-order valence-electron chi connectivity index (χ3n) is 2.74. The van der Waals surface area contributed by atoms with Gasteiger partial charge >= 0.3 is 0 Å². The number of hydrogen-bond acceptors (Lipinski definition) is 5. The van der Waals surface area contributed by atoms with Gasteiger partial charge in [-0.3, -0.25) is 19.5 Å². The highest BCUT2D eigenvalue weighted by Gasteiger charge is 2.17. The number of hydrogen-bond donors (Lipinski definition) is 0. The molecule has 0 saturated heterocycles. The number of nitro groups is 1. The lowest BCUT2D eigenvalue weighted by Crippen LogP contribution is -2.25. The summed E-state index contributed by atoms with van der Waals surface area (Å²) >= 11 is 10.8. The molecule has 2 aromatic rings. The lowest BCUT2D eigenvalue weighted by Gasteiger charge is -2.07. The highest BCUT2D eigenvalue weighted by atomic mass is 35.5. The Labute approximate surface area is 123 Å². The van der Waals surface area contributed by atoms with Crippen LogP contribution in [0.1, 0.15) is 0 Å². The molecule has 0 atom stereocenters. The minimum Gasteiger partial charge on any atom is -0.285 e. The molecule has 9 heteroatoms. The monoisotopic (exact) mass is 312 g/mol. The fraction of sp³-hybridized carbons (Fsp3) is 0.182. The Morgan fingerprint density at radius 1 is 1.40 bits per heavy atom. The molecule has 104 valence electrons. The van der Waals surface area contributed by atoms with E-state index in [0.717, 1.165) is 0 Å². The third kappa shape index (κ3) is 2.35. The largest absolute Gasteiger partial charge is 0.288 e. The molecule has 0 aliphatic heterocycles. The Kier molecular flexibility index (Phi) is 3.69. The van der Waals surface area contributed by atoms with Crippen molar-refractivity contribution in [1.82, 2.24) is 14.3 Å². The van der Waals surface area contributed by atoms with E-state index in [1.165, 1.54) is 34.5 Å². The molecule has 0 aliphatic rings. The molecular formula is C11H9ClN4O3S. The first-order chi connectivity index (χ1) is 9.32. The summed E-state index contributed by atoms with van der Waals surface area (Å²) < 4.78 is 2.85. The van der Waals surface area contributed by atoms with Gasteiger partial charge in [-0.1, -0.05) is 17.7 Å². The molecule has 0 radical (unpaired) electrons. The third-order valence-corrected chi connectivity index (χ3v) is 3.59. The van der Waals surface area contributed by atoms with Crippen LogP contribution in [0.3, 0.4) is 0 Å². The summed E-state index contributed by atoms with van der Waals surface area (Å²) in [5.74, 6) is 0. The second-order valence-corrected chi connectivity index (χ2v) is 4.81. The van der Waals surface area contributed by atoms with E-state index in [0.29, 0.717) is 5.56 Å². The number of rotatable bonds is 2. The summed E-state index contributed by atoms with van der Waals surface area (Å²) in [6.07, 6.45) is 0. The first-order valence-corrected chi connectivity index (χ1v) is 6.20. The molecule has 0 fully saturated rings. The fourth-order valence-electron chi connectivity index (χ4n) is 1.68. The number of nitro benzene ring substituents is 1. The Balaban J connectivity index is 2.76. The fourth-order valence-corrected chi connectivity index (χ4v) is 1.99. The Morgan fingerprint density at radius 3 is 2.65 bits per heavy atom. The number of halogens is 1. The highest BCUT2D eigenvalue weighted by molar-refractivity contribution is 7.71. The van der Waals surface area contributed by atoms with Crippen LogP contribution in [0.2, 0.25) is 5.02 Å². The normalized spacial score (nSPS) is 10.6. The summed E-state index contributed by atoms with van der Waals surface area (Å²) in [7, 11) is 3.11. The van der Waals surface area contributed by atoms with Crippen molar-refractivity contribution in [3.8, 4) is 11.3 Å². The molecule has 0 aliphatic carbocycles. The van der Waals surface area contributed by atoms with Gasteiger partial charge in [0.2, 0.25) is 0 Å². The van der Waals surface area contributed by atoms with E-state index >= 15 is 0 Å². The summed E-state index contributed by atoms with van der Waals surface area (Å²) in [5, 5.41) is 14.9. The first-order valence-electron chi connectivity index (χ1n) is 5.41. The van der Waals surface area contributed by atoms with Crippen molar-refractivity contribution < 1.29 is 4.92 Å². The molecule has 0 N–H and O–H groups in total. The molecule has 0 bridgehead atoms. The van der Waals surface area contributed by atoms with Crippen molar-refractivity contribution in [2.24, 2.45) is 14.1 Å². The van der Waals surface area contributed by atoms with E-state index in [4.69, 9.17) is 23.8 Å². The van der Waals surface area contributed by atoms with Crippen LogP contribution in [0.4, 0.5) is 5.69 Å². The van der Waals surface area contributed by atoms with Crippen molar-refractivity contribution in [2.75, 3.05) is 0 Å². The number of aromatic nitrogens is 3. The van der Waals surface area contributed by atoms with Gasteiger partial charge in [-0.2, -0.15) is 5.10 Å². The molecule has 0 unspecified atom stereocenters. The van der Waals surface area contributed by atoms with Gasteiger partial charge < -0.3 is 0 Å². The number of nitrogens with zero attached hydrogens (tertiary/aromatic N) is 4. The number of benzene rings is 1. The SMILES string of the molecule is Cn1nc(-c2ccc(Cl)c([N+](=O)[O-])c2)c(=O)n(C)c1=S. The van der Waals surface area contributed by atoms with Crippen LogP contribution in [-0.2, 0) is 14.1 Å². The van der Waals surface area contributed by atoms with Gasteiger partial charge in [0.1, 0.15) is 5.02 Å². The topological polar surface area (TPSA) is 83.0 Å². The maximum atomic E-state index is 12.1. The second-order valence-electron chi connectivity index (χ2n) is 4.04. The summed E-state index contributed by atoms with van der Waals surface area (Å²) in [4.78, 5) is 22.4. The van der Waals surface area contributed by atoms with Crippen LogP contribution in [0.15, 0.2) is 23.0 Å². The van der Waals surface area contributed by atoms with E-state index in [1.807, 2.05) is 0 Å². The predicted octanol–water partition coefficient (Wildman–Crippen LogP) is 2.08. The molecular weight excluding hydrogens is 304 g/mol. The molecule has 7 nitrogen and oxygen atoms in total. The van der Waals surface area contributed by atoms with E-state index in [2.05, 4.69) is 5.10 Å². The van der Waals surface area contributed by atoms with Crippen LogP contribution in [0, 0.1) is 14.9 Å². The van der Waals surface area contributed by atoms with Crippen molar-refractivity contribution in [3.63, 3.8) is 0 Å². The Morgan fingerprint density at radius 2 is 2.05 bits per heavy atom. The van der Waals surface area contributed by atoms with Crippen molar-refractivity contribution in [2.45, 2.75) is 0 Å². The van der Waals surface area contributed by atoms with Crippen molar-refractivity contribution in [1.29, 1.82) is 0 Å². The summed E-state index contributed by atoms with van der Waals surface area (Å²) in [6.45, 7) is 0. The molecule has 0 amide bonds. The molecule has 1 aromatic heterocycles. The Hall–Kier alpha value is -2.06. The van der Waals surface area contributed by atoms with Gasteiger partial charge in [0, 0.05) is 25.7 Å². The minimum atomic E-state index is -0.613. The van der Waals surface area contributed by atoms with Gasteiger partial charge in [-0.05, 0) is 18.3 Å². The van der Waals surface area contributed by atoms with Gasteiger partial charge in [0.25, 0.3) is 11.2 Å². The van der Waals surface area contributed by atoms with E-state index < -0.39 is 10.5 Å². The van der Waals surface area contributed by atoms with Crippen molar-refractivity contribution >= 4 is 29.5 Å². The quantitative estimate of drug-likeness (QED) is 0.481. The summed E-state index contributed by atoms with van der Waals surface area (Å²) in [6, 6.07) is 4.08. The van der Waals surface area contributed by atoms with Gasteiger partial charge in [0.05, 0.1) is 4.92 Å². The lowest BCUT2D eigenvalue weighted by molar-refractivity contribution is -0.384. The van der Waals surface area contributed by atoms with Crippen LogP contribution in [0.5, 0.6) is 0 Å². The molecule has 2 rings (SSSR count). The maximum Gasteiger partial charge on any atom is 0.288 e. The highest BCUT2D eigenvalue weighted by Crippen LogP contribution is 2.28. The van der Waals surface area contributed by atoms with Gasteiger partial charge in [-0.25, -0.2) is 4.68 Å².